The topological polar surface area (TPSA) is 83.8 Å². The van der Waals surface area contributed by atoms with Crippen LogP contribution < -0.4 is 10.6 Å². The third-order valence-electron chi connectivity index (χ3n) is 2.79. The van der Waals surface area contributed by atoms with Gasteiger partial charge in [-0.05, 0) is 12.1 Å². The van der Waals surface area contributed by atoms with Gasteiger partial charge in [0.1, 0.15) is 18.0 Å². The van der Waals surface area contributed by atoms with Crippen LogP contribution in [0.25, 0.3) is 0 Å². The van der Waals surface area contributed by atoms with E-state index in [9.17, 15) is 0 Å². The van der Waals surface area contributed by atoms with Crippen molar-refractivity contribution in [2.24, 2.45) is 12.8 Å². The maximum atomic E-state index is 7.58. The molecule has 0 spiro atoms. The molecule has 0 radical (unpaired) electrons. The molecule has 0 atom stereocenters. The fraction of sp³-hybridized carbons (Fsp3) is 0.250. The molecule has 3 N–H and O–H groups in total. The van der Waals surface area contributed by atoms with E-state index in [1.54, 1.807) is 4.68 Å². The first-order valence-corrected chi connectivity index (χ1v) is 5.57. The van der Waals surface area contributed by atoms with Crippen LogP contribution in [-0.4, -0.2) is 27.6 Å². The maximum Gasteiger partial charge on any atom is 0.146 e. The van der Waals surface area contributed by atoms with Crippen LogP contribution in [0.1, 0.15) is 11.4 Å². The van der Waals surface area contributed by atoms with Gasteiger partial charge in [-0.15, -0.1) is 0 Å². The van der Waals surface area contributed by atoms with Crippen molar-refractivity contribution in [2.75, 3.05) is 11.9 Å². The van der Waals surface area contributed by atoms with Gasteiger partial charge in [0.15, 0.2) is 0 Å². The molecule has 0 aliphatic rings. The summed E-state index contributed by atoms with van der Waals surface area (Å²) in [5.41, 5.74) is 7.21. The Balaban J connectivity index is 2.26. The molecule has 6 nitrogen and oxygen atoms in total. The molecule has 6 heteroatoms. The van der Waals surface area contributed by atoms with E-state index >= 15 is 0 Å². The van der Waals surface area contributed by atoms with E-state index in [1.807, 2.05) is 43.3 Å². The lowest BCUT2D eigenvalue weighted by Gasteiger charge is -2.21. The van der Waals surface area contributed by atoms with E-state index in [0.29, 0.717) is 6.54 Å². The normalized spacial score (nSPS) is 10.3. The van der Waals surface area contributed by atoms with E-state index in [4.69, 9.17) is 11.1 Å². The quantitative estimate of drug-likeness (QED) is 0.613. The number of aryl methyl sites for hydroxylation is 1. The lowest BCUT2D eigenvalue weighted by atomic mass is 10.1. The van der Waals surface area contributed by atoms with Crippen molar-refractivity contribution in [3.05, 3.63) is 42.0 Å². The largest absolute Gasteiger partial charge is 0.384 e. The zero-order valence-corrected chi connectivity index (χ0v) is 10.5. The number of aromatic nitrogens is 3. The average Bonchev–Trinajstić information content (AvgIpc) is 2.75. The molecule has 2 aromatic rings. The Morgan fingerprint density at radius 1 is 1.44 bits per heavy atom. The summed E-state index contributed by atoms with van der Waals surface area (Å²) in [6.45, 7) is 0.612. The highest BCUT2D eigenvalue weighted by Gasteiger charge is 2.11. The van der Waals surface area contributed by atoms with E-state index in [-0.39, 0.29) is 5.84 Å². The number of amidine groups is 1. The van der Waals surface area contributed by atoms with Gasteiger partial charge < -0.3 is 10.6 Å². The van der Waals surface area contributed by atoms with Crippen molar-refractivity contribution >= 4 is 11.5 Å². The maximum absolute atomic E-state index is 7.58. The Morgan fingerprint density at radius 2 is 2.17 bits per heavy atom. The first-order chi connectivity index (χ1) is 8.59. The van der Waals surface area contributed by atoms with Crippen LogP contribution in [0.4, 0.5) is 5.69 Å². The number of nitrogens with two attached hydrogens (primary N) is 1. The predicted octanol–water partition coefficient (Wildman–Crippen LogP) is 0.736. The van der Waals surface area contributed by atoms with Crippen molar-refractivity contribution in [3.63, 3.8) is 0 Å². The molecule has 1 heterocycles. The van der Waals surface area contributed by atoms with Gasteiger partial charge in [-0.2, -0.15) is 5.10 Å². The van der Waals surface area contributed by atoms with Gasteiger partial charge in [0.2, 0.25) is 0 Å². The van der Waals surface area contributed by atoms with Crippen LogP contribution in [0.2, 0.25) is 0 Å². The number of benzene rings is 1. The summed E-state index contributed by atoms with van der Waals surface area (Å²) in [4.78, 5) is 6.18. The number of hydrogen-bond donors (Lipinski definition) is 2. The summed E-state index contributed by atoms with van der Waals surface area (Å²) < 4.78 is 1.73. The second-order valence-electron chi connectivity index (χ2n) is 4.09. The monoisotopic (exact) mass is 244 g/mol. The molecule has 0 fully saturated rings. The van der Waals surface area contributed by atoms with Crippen LogP contribution in [0.3, 0.4) is 0 Å². The minimum absolute atomic E-state index is 0.0652. The summed E-state index contributed by atoms with van der Waals surface area (Å²) in [6, 6.07) is 7.57. The van der Waals surface area contributed by atoms with E-state index in [1.165, 1.54) is 6.33 Å². The van der Waals surface area contributed by atoms with Gasteiger partial charge in [0, 0.05) is 25.3 Å². The minimum atomic E-state index is 0.0652. The molecule has 1 aromatic heterocycles. The number of nitrogen functional groups attached to an aromatic ring is 1. The summed E-state index contributed by atoms with van der Waals surface area (Å²) in [7, 11) is 3.80. The average molecular weight is 244 g/mol. The number of nitrogens with one attached hydrogen (secondary N) is 1. The van der Waals surface area contributed by atoms with Crippen molar-refractivity contribution in [3.8, 4) is 0 Å². The third-order valence-corrected chi connectivity index (χ3v) is 2.79. The highest BCUT2D eigenvalue weighted by Crippen LogP contribution is 2.19. The molecule has 18 heavy (non-hydrogen) atoms. The number of hydrogen-bond acceptors (Lipinski definition) is 4. The van der Waals surface area contributed by atoms with Crippen molar-refractivity contribution in [1.29, 1.82) is 5.41 Å². The van der Waals surface area contributed by atoms with Crippen LogP contribution in [0.15, 0.2) is 30.6 Å². The number of rotatable bonds is 4. The highest BCUT2D eigenvalue weighted by molar-refractivity contribution is 6.00. The number of para-hydroxylation sites is 1. The predicted molar refractivity (Wildman–Crippen MR) is 70.6 cm³/mol. The molecular formula is C12H16N6. The Hall–Kier alpha value is -2.37. The molecule has 2 rings (SSSR count). The van der Waals surface area contributed by atoms with Gasteiger partial charge in [-0.1, -0.05) is 12.1 Å². The summed E-state index contributed by atoms with van der Waals surface area (Å²) >= 11 is 0. The molecule has 0 saturated heterocycles. The molecule has 0 bridgehead atoms. The standard InChI is InChI=1S/C12H16N6/c1-17(7-11-15-8-16-18(11)2)10-6-4-3-5-9(10)12(13)14/h3-6,8H,7H2,1-2H3,(H3,13,14). The van der Waals surface area contributed by atoms with Crippen molar-refractivity contribution < 1.29 is 0 Å². The second kappa shape index (κ2) is 4.87. The first-order valence-electron chi connectivity index (χ1n) is 5.57. The van der Waals surface area contributed by atoms with Crippen LogP contribution >= 0.6 is 0 Å². The first kappa shape index (κ1) is 12.1. The van der Waals surface area contributed by atoms with E-state index < -0.39 is 0 Å². The molecule has 94 valence electrons. The summed E-state index contributed by atoms with van der Waals surface area (Å²) in [5.74, 6) is 0.922. The lowest BCUT2D eigenvalue weighted by Crippen LogP contribution is -2.23. The van der Waals surface area contributed by atoms with Crippen molar-refractivity contribution in [2.45, 2.75) is 6.54 Å². The van der Waals surface area contributed by atoms with Gasteiger partial charge in [0.25, 0.3) is 0 Å². The van der Waals surface area contributed by atoms with Gasteiger partial charge in [-0.25, -0.2) is 4.98 Å². The molecule has 0 amide bonds. The lowest BCUT2D eigenvalue weighted by molar-refractivity contribution is 0.688. The SMILES string of the molecule is CN(Cc1ncnn1C)c1ccccc1C(=N)N. The van der Waals surface area contributed by atoms with Gasteiger partial charge >= 0.3 is 0 Å². The van der Waals surface area contributed by atoms with Crippen LogP contribution in [0.5, 0.6) is 0 Å². The highest BCUT2D eigenvalue weighted by atomic mass is 15.3. The Bertz CT molecular complexity index is 559. The molecule has 0 saturated carbocycles. The fourth-order valence-electron chi connectivity index (χ4n) is 1.79. The molecular weight excluding hydrogens is 228 g/mol. The Kier molecular flexibility index (Phi) is 3.27. The molecule has 0 unspecified atom stereocenters. The molecule has 0 aliphatic heterocycles. The second-order valence-corrected chi connectivity index (χ2v) is 4.09. The minimum Gasteiger partial charge on any atom is -0.384 e. The van der Waals surface area contributed by atoms with E-state index in [2.05, 4.69) is 10.1 Å². The zero-order chi connectivity index (χ0) is 13.1. The van der Waals surface area contributed by atoms with Gasteiger partial charge in [0.05, 0.1) is 6.54 Å². The van der Waals surface area contributed by atoms with Crippen LogP contribution in [-0.2, 0) is 13.6 Å². The van der Waals surface area contributed by atoms with E-state index in [0.717, 1.165) is 17.1 Å². The van der Waals surface area contributed by atoms with Gasteiger partial charge in [-0.3, -0.25) is 10.1 Å². The van der Waals surface area contributed by atoms with Crippen LogP contribution in [0, 0.1) is 5.41 Å². The fourth-order valence-corrected chi connectivity index (χ4v) is 1.79. The Morgan fingerprint density at radius 3 is 2.78 bits per heavy atom. The summed E-state index contributed by atoms with van der Waals surface area (Å²) in [5, 5.41) is 11.6. The zero-order valence-electron chi connectivity index (χ0n) is 10.5. The number of nitrogens with zero attached hydrogens (tertiary/aromatic N) is 4. The molecule has 1 aromatic carbocycles. The Labute approximate surface area is 106 Å². The third kappa shape index (κ3) is 2.32. The number of anilines is 1. The molecule has 0 aliphatic carbocycles. The smallest absolute Gasteiger partial charge is 0.146 e. The van der Waals surface area contributed by atoms with Crippen molar-refractivity contribution in [1.82, 2.24) is 14.8 Å². The summed E-state index contributed by atoms with van der Waals surface area (Å²) in [6.07, 6.45) is 1.53.